The smallest absolute Gasteiger partial charge is 0.321 e. The van der Waals surface area contributed by atoms with Gasteiger partial charge in [-0.3, -0.25) is 9.89 Å². The average Bonchev–Trinajstić information content (AvgIpc) is 2.97. The van der Waals surface area contributed by atoms with Crippen molar-refractivity contribution in [3.05, 3.63) is 39.7 Å². The van der Waals surface area contributed by atoms with Crippen molar-refractivity contribution in [1.82, 2.24) is 15.2 Å². The number of aryl methyl sites for hydroxylation is 1. The largest absolute Gasteiger partial charge is 0.358 e. The number of rotatable bonds is 4. The van der Waals surface area contributed by atoms with Gasteiger partial charge in [0.1, 0.15) is 0 Å². The second-order valence-electron chi connectivity index (χ2n) is 3.60. The van der Waals surface area contributed by atoms with Crippen LogP contribution in [-0.4, -0.2) is 26.0 Å². The molecule has 0 aromatic carbocycles. The summed E-state index contributed by atoms with van der Waals surface area (Å²) in [7, 11) is 0. The number of hydrogen-bond donors (Lipinski definition) is 3. The van der Waals surface area contributed by atoms with Gasteiger partial charge in [0.05, 0.1) is 0 Å². The van der Waals surface area contributed by atoms with Crippen molar-refractivity contribution in [3.8, 4) is 0 Å². The molecule has 0 aliphatic carbocycles. The van der Waals surface area contributed by atoms with Crippen molar-refractivity contribution in [2.75, 3.05) is 5.32 Å². The first kappa shape index (κ1) is 11.8. The number of aromatic nitrogens is 3. The van der Waals surface area contributed by atoms with Crippen LogP contribution in [0, 0.1) is 10.1 Å². The molecular weight excluding hydrogens is 238 g/mol. The Labute approximate surface area is 102 Å². The molecule has 3 N–H and O–H groups in total. The number of nitrogens with one attached hydrogen (secondary N) is 3. The van der Waals surface area contributed by atoms with E-state index in [-0.39, 0.29) is 11.5 Å². The van der Waals surface area contributed by atoms with Crippen LogP contribution in [0.25, 0.3) is 0 Å². The predicted molar refractivity (Wildman–Crippen MR) is 63.4 cm³/mol. The maximum absolute atomic E-state index is 11.7. The average molecular weight is 249 g/mol. The normalized spacial score (nSPS) is 10.3. The van der Waals surface area contributed by atoms with E-state index in [0.717, 1.165) is 12.1 Å². The summed E-state index contributed by atoms with van der Waals surface area (Å²) in [6, 6.07) is 4.28. The van der Waals surface area contributed by atoms with Crippen LogP contribution in [-0.2, 0) is 6.42 Å². The van der Waals surface area contributed by atoms with Crippen molar-refractivity contribution in [3.63, 3.8) is 0 Å². The van der Waals surface area contributed by atoms with Gasteiger partial charge >= 0.3 is 5.82 Å². The van der Waals surface area contributed by atoms with Gasteiger partial charge in [0.25, 0.3) is 5.91 Å². The number of aromatic amines is 2. The Hall–Kier alpha value is -2.64. The molecule has 0 fully saturated rings. The lowest BCUT2D eigenvalue weighted by Gasteiger charge is -1.95. The van der Waals surface area contributed by atoms with E-state index in [0.29, 0.717) is 5.82 Å². The van der Waals surface area contributed by atoms with Gasteiger partial charge in [-0.15, -0.1) is 0 Å². The molecule has 0 aliphatic heterocycles. The molecule has 94 valence electrons. The topological polar surface area (TPSA) is 117 Å². The molecule has 0 saturated carbocycles. The van der Waals surface area contributed by atoms with Crippen LogP contribution < -0.4 is 5.32 Å². The van der Waals surface area contributed by atoms with Crippen LogP contribution in [0.5, 0.6) is 0 Å². The Morgan fingerprint density at radius 3 is 2.89 bits per heavy atom. The summed E-state index contributed by atoms with van der Waals surface area (Å²) in [5.41, 5.74) is 1.01. The van der Waals surface area contributed by atoms with Gasteiger partial charge in [-0.25, -0.2) is 4.98 Å². The highest BCUT2D eigenvalue weighted by molar-refractivity contribution is 6.02. The summed E-state index contributed by atoms with van der Waals surface area (Å²) in [6.45, 7) is 1.95. The molecule has 0 unspecified atom stereocenters. The number of hydrogen-bond acceptors (Lipinski definition) is 4. The summed E-state index contributed by atoms with van der Waals surface area (Å²) >= 11 is 0. The van der Waals surface area contributed by atoms with Gasteiger partial charge in [-0.2, -0.15) is 5.10 Å². The van der Waals surface area contributed by atoms with Crippen LogP contribution in [0.1, 0.15) is 23.1 Å². The van der Waals surface area contributed by atoms with Gasteiger partial charge in [-0.05, 0) is 17.4 Å². The molecule has 2 heterocycles. The Kier molecular flexibility index (Phi) is 3.09. The molecule has 0 atom stereocenters. The minimum absolute atomic E-state index is 0.114. The van der Waals surface area contributed by atoms with Crippen molar-refractivity contribution in [1.29, 1.82) is 0 Å². The van der Waals surface area contributed by atoms with Crippen LogP contribution in [0.4, 0.5) is 11.6 Å². The summed E-state index contributed by atoms with van der Waals surface area (Å²) in [4.78, 5) is 24.0. The van der Waals surface area contributed by atoms with Crippen molar-refractivity contribution < 1.29 is 9.72 Å². The predicted octanol–water partition coefficient (Wildman–Crippen LogP) is 1.46. The Balaban J connectivity index is 2.09. The first-order valence-electron chi connectivity index (χ1n) is 5.29. The monoisotopic (exact) mass is 249 g/mol. The number of carbonyl (C=O) groups is 1. The third-order valence-electron chi connectivity index (χ3n) is 2.37. The molecule has 0 spiro atoms. The quantitative estimate of drug-likeness (QED) is 0.561. The van der Waals surface area contributed by atoms with Gasteiger partial charge in [0, 0.05) is 17.8 Å². The van der Waals surface area contributed by atoms with Gasteiger partial charge in [0.2, 0.25) is 0 Å². The maximum atomic E-state index is 11.7. The van der Waals surface area contributed by atoms with Crippen LogP contribution in [0.3, 0.4) is 0 Å². The fraction of sp³-hybridized carbons (Fsp3) is 0.200. The highest BCUT2D eigenvalue weighted by Gasteiger charge is 2.16. The Morgan fingerprint density at radius 2 is 2.33 bits per heavy atom. The van der Waals surface area contributed by atoms with E-state index in [1.165, 1.54) is 12.1 Å². The molecule has 18 heavy (non-hydrogen) atoms. The number of nitro groups is 1. The molecule has 0 saturated heterocycles. The van der Waals surface area contributed by atoms with Crippen LogP contribution in [0.15, 0.2) is 18.2 Å². The van der Waals surface area contributed by atoms with Crippen molar-refractivity contribution in [2.45, 2.75) is 13.3 Å². The summed E-state index contributed by atoms with van der Waals surface area (Å²) in [5.74, 6) is -0.317. The van der Waals surface area contributed by atoms with E-state index in [1.807, 2.05) is 6.92 Å². The molecule has 8 nitrogen and oxygen atoms in total. The molecule has 0 radical (unpaired) electrons. The number of H-pyrrole nitrogens is 2. The van der Waals surface area contributed by atoms with Crippen LogP contribution >= 0.6 is 0 Å². The third-order valence-corrected chi connectivity index (χ3v) is 2.37. The second kappa shape index (κ2) is 4.70. The Morgan fingerprint density at radius 1 is 1.56 bits per heavy atom. The second-order valence-corrected chi connectivity index (χ2v) is 3.60. The highest BCUT2D eigenvalue weighted by Crippen LogP contribution is 2.12. The fourth-order valence-corrected chi connectivity index (χ4v) is 1.41. The molecule has 0 aliphatic rings. The van der Waals surface area contributed by atoms with Crippen molar-refractivity contribution >= 4 is 17.5 Å². The van der Waals surface area contributed by atoms with Crippen LogP contribution in [0.2, 0.25) is 0 Å². The molecule has 2 aromatic heterocycles. The zero-order chi connectivity index (χ0) is 13.1. The summed E-state index contributed by atoms with van der Waals surface area (Å²) in [5, 5.41) is 19.6. The zero-order valence-electron chi connectivity index (χ0n) is 9.56. The third kappa shape index (κ3) is 2.37. The van der Waals surface area contributed by atoms with E-state index in [1.54, 1.807) is 6.07 Å². The SMILES string of the molecule is CCc1cc(NC(=O)c2ccc([N+](=O)[O-])[nH]2)n[nH]1. The first-order valence-corrected chi connectivity index (χ1v) is 5.29. The van der Waals surface area contributed by atoms with E-state index < -0.39 is 10.8 Å². The molecular formula is C10H11N5O3. The van der Waals surface area contributed by atoms with Gasteiger partial charge < -0.3 is 15.4 Å². The molecule has 2 aromatic rings. The molecule has 8 heteroatoms. The number of amides is 1. The lowest BCUT2D eigenvalue weighted by molar-refractivity contribution is -0.389. The van der Waals surface area contributed by atoms with Crippen molar-refractivity contribution in [2.24, 2.45) is 0 Å². The van der Waals surface area contributed by atoms with E-state index in [4.69, 9.17) is 0 Å². The molecule has 1 amide bonds. The highest BCUT2D eigenvalue weighted by atomic mass is 16.6. The first-order chi connectivity index (χ1) is 8.60. The zero-order valence-corrected chi connectivity index (χ0v) is 9.56. The standard InChI is InChI=1S/C10H11N5O3/c1-2-6-5-8(14-13-6)12-10(16)7-3-4-9(11-7)15(17)18/h3-5,11H,2H2,1H3,(H2,12,13,14,16). The number of carbonyl (C=O) groups excluding carboxylic acids is 1. The minimum atomic E-state index is -0.597. The van der Waals surface area contributed by atoms with Gasteiger partial charge in [0.15, 0.2) is 11.5 Å². The fourth-order valence-electron chi connectivity index (χ4n) is 1.41. The Bertz CT molecular complexity index is 586. The number of anilines is 1. The lowest BCUT2D eigenvalue weighted by Crippen LogP contribution is -2.12. The number of nitrogens with zero attached hydrogens (tertiary/aromatic N) is 2. The van der Waals surface area contributed by atoms with E-state index in [9.17, 15) is 14.9 Å². The summed E-state index contributed by atoms with van der Waals surface area (Å²) in [6.07, 6.45) is 0.775. The summed E-state index contributed by atoms with van der Waals surface area (Å²) < 4.78 is 0. The molecule has 2 rings (SSSR count). The lowest BCUT2D eigenvalue weighted by atomic mass is 10.3. The maximum Gasteiger partial charge on any atom is 0.321 e. The van der Waals surface area contributed by atoms with E-state index in [2.05, 4.69) is 20.5 Å². The van der Waals surface area contributed by atoms with Gasteiger partial charge in [-0.1, -0.05) is 6.92 Å². The molecule has 0 bridgehead atoms. The minimum Gasteiger partial charge on any atom is -0.358 e. The van der Waals surface area contributed by atoms with E-state index >= 15 is 0 Å².